The fourth-order valence-electron chi connectivity index (χ4n) is 1.80. The summed E-state index contributed by atoms with van der Waals surface area (Å²) in [5.41, 5.74) is 1.81. The highest BCUT2D eigenvalue weighted by Gasteiger charge is 2.01. The van der Waals surface area contributed by atoms with E-state index in [1.54, 1.807) is 6.20 Å². The minimum atomic E-state index is 0.178. The Labute approximate surface area is 112 Å². The van der Waals surface area contributed by atoms with Crippen molar-refractivity contribution in [2.45, 2.75) is 26.3 Å². The topological polar surface area (TPSA) is 59.8 Å². The molecule has 0 aliphatic heterocycles. The summed E-state index contributed by atoms with van der Waals surface area (Å²) in [6, 6.07) is 7.62. The number of benzene rings is 1. The third-order valence-electron chi connectivity index (χ3n) is 2.89. The van der Waals surface area contributed by atoms with Crippen LogP contribution in [0.4, 0.5) is 5.69 Å². The van der Waals surface area contributed by atoms with Crippen molar-refractivity contribution < 1.29 is 4.79 Å². The second kappa shape index (κ2) is 6.68. The highest BCUT2D eigenvalue weighted by atomic mass is 16.1. The Morgan fingerprint density at radius 1 is 1.32 bits per heavy atom. The van der Waals surface area contributed by atoms with E-state index in [9.17, 15) is 4.79 Å². The first-order chi connectivity index (χ1) is 9.29. The quantitative estimate of drug-likeness (QED) is 0.612. The number of nitrogens with zero attached hydrogens (tertiary/aromatic N) is 3. The summed E-state index contributed by atoms with van der Waals surface area (Å²) in [5, 5.41) is 11.0. The number of aryl methyl sites for hydroxylation is 1. The average Bonchev–Trinajstić information content (AvgIpc) is 2.96. The number of rotatable bonds is 7. The number of carbonyl (C=O) groups is 1. The molecule has 0 fully saturated rings. The van der Waals surface area contributed by atoms with Gasteiger partial charge in [0, 0.05) is 37.0 Å². The minimum absolute atomic E-state index is 0.178. The molecule has 1 N–H and O–H groups in total. The third kappa shape index (κ3) is 3.91. The van der Waals surface area contributed by atoms with Gasteiger partial charge in [0.2, 0.25) is 0 Å². The van der Waals surface area contributed by atoms with E-state index in [1.165, 1.54) is 0 Å². The van der Waals surface area contributed by atoms with Crippen molar-refractivity contribution >= 4 is 11.5 Å². The van der Waals surface area contributed by atoms with Crippen LogP contribution >= 0.6 is 0 Å². The Kier molecular flexibility index (Phi) is 4.66. The summed E-state index contributed by atoms with van der Waals surface area (Å²) in [6.45, 7) is 3.58. The van der Waals surface area contributed by atoms with E-state index in [0.29, 0.717) is 6.42 Å². The van der Waals surface area contributed by atoms with Crippen LogP contribution < -0.4 is 5.32 Å². The van der Waals surface area contributed by atoms with E-state index in [2.05, 4.69) is 15.6 Å². The Balaban J connectivity index is 1.75. The maximum absolute atomic E-state index is 11.5. The molecular formula is C14H18N4O. The van der Waals surface area contributed by atoms with Crippen molar-refractivity contribution in [3.05, 3.63) is 42.2 Å². The highest BCUT2D eigenvalue weighted by molar-refractivity contribution is 5.96. The van der Waals surface area contributed by atoms with Gasteiger partial charge in [0.1, 0.15) is 0 Å². The van der Waals surface area contributed by atoms with Crippen molar-refractivity contribution in [2.75, 3.05) is 11.9 Å². The molecule has 0 saturated carbocycles. The molecule has 0 amide bonds. The maximum Gasteiger partial charge on any atom is 0.162 e. The minimum Gasteiger partial charge on any atom is -0.385 e. The Hall–Kier alpha value is -2.17. The lowest BCUT2D eigenvalue weighted by Gasteiger charge is -2.07. The summed E-state index contributed by atoms with van der Waals surface area (Å²) in [4.78, 5) is 11.5. The first kappa shape index (κ1) is 13.3. The lowest BCUT2D eigenvalue weighted by Crippen LogP contribution is -2.07. The molecule has 0 spiro atoms. The maximum atomic E-state index is 11.5. The Morgan fingerprint density at radius 2 is 2.11 bits per heavy atom. The zero-order valence-corrected chi connectivity index (χ0v) is 11.0. The first-order valence-electron chi connectivity index (χ1n) is 6.51. The number of hydrogen-bond acceptors (Lipinski definition) is 4. The fourth-order valence-corrected chi connectivity index (χ4v) is 1.80. The second-order valence-electron chi connectivity index (χ2n) is 4.30. The number of aromatic nitrogens is 3. The third-order valence-corrected chi connectivity index (χ3v) is 2.89. The smallest absolute Gasteiger partial charge is 0.162 e. The molecule has 0 radical (unpaired) electrons. The molecule has 2 rings (SSSR count). The summed E-state index contributed by atoms with van der Waals surface area (Å²) in [5.74, 6) is 0.178. The lowest BCUT2D eigenvalue weighted by atomic mass is 10.1. The number of anilines is 1. The van der Waals surface area contributed by atoms with Gasteiger partial charge in [0.15, 0.2) is 5.78 Å². The van der Waals surface area contributed by atoms with Gasteiger partial charge in [-0.15, -0.1) is 5.10 Å². The molecule has 0 saturated heterocycles. The normalized spacial score (nSPS) is 10.4. The molecule has 1 aromatic heterocycles. The van der Waals surface area contributed by atoms with Crippen molar-refractivity contribution in [1.29, 1.82) is 0 Å². The van der Waals surface area contributed by atoms with Crippen LogP contribution in [0.15, 0.2) is 36.7 Å². The van der Waals surface area contributed by atoms with Crippen LogP contribution in [0, 0.1) is 0 Å². The molecule has 5 heteroatoms. The second-order valence-corrected chi connectivity index (χ2v) is 4.30. The van der Waals surface area contributed by atoms with Crippen molar-refractivity contribution in [2.24, 2.45) is 0 Å². The average molecular weight is 258 g/mol. The SMILES string of the molecule is CCC(=O)c1ccc(NCCCn2ccnn2)cc1. The fraction of sp³-hybridized carbons (Fsp3) is 0.357. The highest BCUT2D eigenvalue weighted by Crippen LogP contribution is 2.11. The van der Waals surface area contributed by atoms with Crippen molar-refractivity contribution in [3.8, 4) is 0 Å². The van der Waals surface area contributed by atoms with Gasteiger partial charge in [-0.3, -0.25) is 9.48 Å². The van der Waals surface area contributed by atoms with Crippen LogP contribution in [-0.4, -0.2) is 27.3 Å². The molecular weight excluding hydrogens is 240 g/mol. The Bertz CT molecular complexity index is 505. The number of nitrogens with one attached hydrogen (secondary N) is 1. The zero-order chi connectivity index (χ0) is 13.5. The monoisotopic (exact) mass is 258 g/mol. The summed E-state index contributed by atoms with van der Waals surface area (Å²) in [7, 11) is 0. The molecule has 1 aromatic carbocycles. The molecule has 0 aliphatic carbocycles. The number of ketones is 1. The lowest BCUT2D eigenvalue weighted by molar-refractivity contribution is 0.0988. The van der Waals surface area contributed by atoms with Crippen LogP contribution in [0.25, 0.3) is 0 Å². The molecule has 19 heavy (non-hydrogen) atoms. The molecule has 100 valence electrons. The summed E-state index contributed by atoms with van der Waals surface area (Å²) >= 11 is 0. The van der Waals surface area contributed by atoms with E-state index in [0.717, 1.165) is 30.8 Å². The van der Waals surface area contributed by atoms with Gasteiger partial charge < -0.3 is 5.32 Å². The van der Waals surface area contributed by atoms with Gasteiger partial charge in [-0.2, -0.15) is 0 Å². The van der Waals surface area contributed by atoms with Crippen LogP contribution in [-0.2, 0) is 6.54 Å². The number of carbonyl (C=O) groups excluding carboxylic acids is 1. The summed E-state index contributed by atoms with van der Waals surface area (Å²) in [6.07, 6.45) is 5.05. The van der Waals surface area contributed by atoms with E-state index in [4.69, 9.17) is 0 Å². The van der Waals surface area contributed by atoms with Gasteiger partial charge in [-0.05, 0) is 30.7 Å². The molecule has 0 bridgehead atoms. The van der Waals surface area contributed by atoms with Crippen LogP contribution in [0.5, 0.6) is 0 Å². The molecule has 0 aliphatic rings. The van der Waals surface area contributed by atoms with E-state index in [-0.39, 0.29) is 5.78 Å². The molecule has 5 nitrogen and oxygen atoms in total. The van der Waals surface area contributed by atoms with Crippen molar-refractivity contribution in [1.82, 2.24) is 15.0 Å². The van der Waals surface area contributed by atoms with E-state index in [1.807, 2.05) is 42.1 Å². The first-order valence-corrected chi connectivity index (χ1v) is 6.51. The molecule has 0 unspecified atom stereocenters. The predicted molar refractivity (Wildman–Crippen MR) is 74.2 cm³/mol. The summed E-state index contributed by atoms with van der Waals surface area (Å²) < 4.78 is 1.81. The van der Waals surface area contributed by atoms with Gasteiger partial charge in [-0.1, -0.05) is 12.1 Å². The standard InChI is InChI=1S/C14H18N4O/c1-2-14(19)12-4-6-13(7-5-12)15-8-3-10-18-11-9-16-17-18/h4-7,9,11,15H,2-3,8,10H2,1H3. The van der Waals surface area contributed by atoms with Crippen LogP contribution in [0.1, 0.15) is 30.1 Å². The van der Waals surface area contributed by atoms with Crippen molar-refractivity contribution in [3.63, 3.8) is 0 Å². The molecule has 1 heterocycles. The molecule has 2 aromatic rings. The Morgan fingerprint density at radius 3 is 2.74 bits per heavy atom. The molecule has 0 atom stereocenters. The van der Waals surface area contributed by atoms with Gasteiger partial charge in [0.25, 0.3) is 0 Å². The number of Topliss-reactive ketones (excluding diaryl/α,β-unsaturated/α-hetero) is 1. The van der Waals surface area contributed by atoms with E-state index < -0.39 is 0 Å². The van der Waals surface area contributed by atoms with Gasteiger partial charge in [0.05, 0.1) is 6.20 Å². The van der Waals surface area contributed by atoms with Crippen LogP contribution in [0.2, 0.25) is 0 Å². The largest absolute Gasteiger partial charge is 0.385 e. The zero-order valence-electron chi connectivity index (χ0n) is 11.0. The number of hydrogen-bond donors (Lipinski definition) is 1. The van der Waals surface area contributed by atoms with Gasteiger partial charge >= 0.3 is 0 Å². The van der Waals surface area contributed by atoms with Crippen LogP contribution in [0.3, 0.4) is 0 Å². The predicted octanol–water partition coefficient (Wildman–Crippen LogP) is 2.37. The van der Waals surface area contributed by atoms with E-state index >= 15 is 0 Å². The van der Waals surface area contributed by atoms with Gasteiger partial charge in [-0.25, -0.2) is 0 Å².